The van der Waals surface area contributed by atoms with Crippen molar-refractivity contribution in [2.45, 2.75) is 19.1 Å². The van der Waals surface area contributed by atoms with Crippen LogP contribution in [0.4, 0.5) is 5.82 Å². The van der Waals surface area contributed by atoms with Crippen LogP contribution in [0.5, 0.6) is 0 Å². The molecule has 0 radical (unpaired) electrons. The molecule has 0 fully saturated rings. The number of aromatic nitrogens is 3. The molecule has 4 aromatic rings. The molecule has 0 aliphatic rings. The summed E-state index contributed by atoms with van der Waals surface area (Å²) in [6, 6.07) is 13.1. The van der Waals surface area contributed by atoms with Gasteiger partial charge in [0.1, 0.15) is 11.6 Å². The average Bonchev–Trinajstić information content (AvgIpc) is 3.41. The molecule has 0 saturated heterocycles. The van der Waals surface area contributed by atoms with E-state index >= 15 is 0 Å². The van der Waals surface area contributed by atoms with E-state index in [2.05, 4.69) is 31.7 Å². The van der Waals surface area contributed by atoms with Crippen LogP contribution in [0.25, 0.3) is 16.9 Å². The number of rotatable bonds is 9. The molecular weight excluding hydrogens is 470 g/mol. The largest absolute Gasteiger partial charge is 0.465 e. The number of anilines is 1. The van der Waals surface area contributed by atoms with E-state index in [1.807, 2.05) is 30.3 Å². The number of fused-ring (bicyclic) bond motifs is 1. The van der Waals surface area contributed by atoms with Crippen LogP contribution in [0, 0.1) is 0 Å². The smallest absolute Gasteiger partial charge is 0.172 e. The summed E-state index contributed by atoms with van der Waals surface area (Å²) >= 11 is 9.88. The normalized spacial score (nSPS) is 12.4. The Bertz CT molecular complexity index is 1120. The van der Waals surface area contributed by atoms with Gasteiger partial charge in [0.2, 0.25) is 0 Å². The fourth-order valence-corrected chi connectivity index (χ4v) is 3.70. The predicted octanol–water partition coefficient (Wildman–Crippen LogP) is 4.88. The minimum Gasteiger partial charge on any atom is -0.465 e. The molecule has 1 unspecified atom stereocenters. The fraction of sp³-hybridized carbons (Fsp3) is 0.238. The van der Waals surface area contributed by atoms with E-state index in [1.165, 1.54) is 0 Å². The highest BCUT2D eigenvalue weighted by molar-refractivity contribution is 9.10. The van der Waals surface area contributed by atoms with Gasteiger partial charge in [-0.3, -0.25) is 5.32 Å². The highest BCUT2D eigenvalue weighted by atomic mass is 79.9. The van der Waals surface area contributed by atoms with E-state index < -0.39 is 6.23 Å². The molecule has 1 aromatic carbocycles. The third-order valence-corrected chi connectivity index (χ3v) is 5.53. The maximum absolute atomic E-state index is 9.97. The van der Waals surface area contributed by atoms with E-state index in [0.717, 1.165) is 46.6 Å². The van der Waals surface area contributed by atoms with Crippen LogP contribution in [0.1, 0.15) is 24.8 Å². The molecule has 4 rings (SSSR count). The predicted molar refractivity (Wildman–Crippen MR) is 121 cm³/mol. The fourth-order valence-electron chi connectivity index (χ4n) is 3.12. The molecule has 9 heteroatoms. The van der Waals surface area contributed by atoms with Gasteiger partial charge in [-0.2, -0.15) is 9.61 Å². The molecule has 1 atom stereocenters. The summed E-state index contributed by atoms with van der Waals surface area (Å²) in [5, 5.41) is 21.5. The van der Waals surface area contributed by atoms with Gasteiger partial charge in [-0.15, -0.1) is 0 Å². The standard InChI is InChI=1S/C21H21BrClN5O2/c22-15-13-26-28-19(12-17(27-20(15)28)14-6-1-2-7-16(14)23)24-9-3-4-10-25-21(29)18-8-5-11-30-18/h1-2,5-8,11-13,21,24-25,29H,3-4,9-10H2. The van der Waals surface area contributed by atoms with Crippen LogP contribution < -0.4 is 10.6 Å². The quantitative estimate of drug-likeness (QED) is 0.229. The molecule has 30 heavy (non-hydrogen) atoms. The average molecular weight is 491 g/mol. The summed E-state index contributed by atoms with van der Waals surface area (Å²) in [5.74, 6) is 1.35. The van der Waals surface area contributed by atoms with Crippen molar-refractivity contribution in [3.8, 4) is 11.3 Å². The third kappa shape index (κ3) is 4.67. The molecular formula is C21H21BrClN5O2. The molecule has 0 spiro atoms. The van der Waals surface area contributed by atoms with Gasteiger partial charge in [0.25, 0.3) is 0 Å². The highest BCUT2D eigenvalue weighted by Crippen LogP contribution is 2.30. The summed E-state index contributed by atoms with van der Waals surface area (Å²) in [6.45, 7) is 1.42. The number of unbranched alkanes of at least 4 members (excludes halogenated alkanes) is 1. The van der Waals surface area contributed by atoms with Crippen LogP contribution in [-0.2, 0) is 0 Å². The second-order valence-electron chi connectivity index (χ2n) is 6.74. The van der Waals surface area contributed by atoms with Crippen LogP contribution in [0.15, 0.2) is 63.8 Å². The maximum atomic E-state index is 9.97. The third-order valence-electron chi connectivity index (χ3n) is 4.64. The topological polar surface area (TPSA) is 87.6 Å². The molecule has 156 valence electrons. The molecule has 7 nitrogen and oxygen atoms in total. The Morgan fingerprint density at radius 3 is 2.80 bits per heavy atom. The summed E-state index contributed by atoms with van der Waals surface area (Å²) in [4.78, 5) is 4.71. The van der Waals surface area contributed by atoms with Gasteiger partial charge in [-0.05, 0) is 53.5 Å². The Hall–Kier alpha value is -2.39. The number of aliphatic hydroxyl groups is 1. The van der Waals surface area contributed by atoms with Crippen molar-refractivity contribution in [3.63, 3.8) is 0 Å². The Kier molecular flexibility index (Phi) is 6.69. The lowest BCUT2D eigenvalue weighted by atomic mass is 10.1. The first-order chi connectivity index (χ1) is 14.6. The maximum Gasteiger partial charge on any atom is 0.172 e. The first-order valence-electron chi connectivity index (χ1n) is 9.61. The van der Waals surface area contributed by atoms with Gasteiger partial charge < -0.3 is 14.8 Å². The number of benzene rings is 1. The molecule has 3 aromatic heterocycles. The number of hydrogen-bond donors (Lipinski definition) is 3. The number of furan rings is 1. The van der Waals surface area contributed by atoms with Gasteiger partial charge in [0.05, 0.1) is 22.6 Å². The van der Waals surface area contributed by atoms with Gasteiger partial charge in [-0.1, -0.05) is 29.8 Å². The van der Waals surface area contributed by atoms with Crippen molar-refractivity contribution in [3.05, 3.63) is 70.2 Å². The summed E-state index contributed by atoms with van der Waals surface area (Å²) in [7, 11) is 0. The van der Waals surface area contributed by atoms with Crippen LogP contribution in [0.2, 0.25) is 5.02 Å². The van der Waals surface area contributed by atoms with E-state index in [4.69, 9.17) is 21.0 Å². The van der Waals surface area contributed by atoms with E-state index in [9.17, 15) is 5.11 Å². The zero-order valence-electron chi connectivity index (χ0n) is 16.1. The minimum absolute atomic E-state index is 0.517. The molecule has 0 aliphatic carbocycles. The number of hydrogen-bond acceptors (Lipinski definition) is 6. The Labute approximate surface area is 187 Å². The minimum atomic E-state index is -0.785. The van der Waals surface area contributed by atoms with Crippen molar-refractivity contribution in [2.75, 3.05) is 18.4 Å². The van der Waals surface area contributed by atoms with Crippen molar-refractivity contribution >= 4 is 39.0 Å². The van der Waals surface area contributed by atoms with Gasteiger partial charge in [0, 0.05) is 23.2 Å². The zero-order valence-corrected chi connectivity index (χ0v) is 18.4. The molecule has 0 bridgehead atoms. The second-order valence-corrected chi connectivity index (χ2v) is 8.00. The summed E-state index contributed by atoms with van der Waals surface area (Å²) in [6.07, 6.45) is 4.28. The van der Waals surface area contributed by atoms with Crippen molar-refractivity contribution in [2.24, 2.45) is 0 Å². The van der Waals surface area contributed by atoms with Crippen molar-refractivity contribution < 1.29 is 9.52 Å². The molecule has 3 heterocycles. The Morgan fingerprint density at radius 1 is 1.17 bits per heavy atom. The van der Waals surface area contributed by atoms with E-state index in [1.54, 1.807) is 29.1 Å². The van der Waals surface area contributed by atoms with E-state index in [0.29, 0.717) is 17.3 Å². The van der Waals surface area contributed by atoms with Gasteiger partial charge in [-0.25, -0.2) is 4.98 Å². The van der Waals surface area contributed by atoms with Crippen molar-refractivity contribution in [1.82, 2.24) is 19.9 Å². The molecule has 0 aliphatic heterocycles. The van der Waals surface area contributed by atoms with Gasteiger partial charge >= 0.3 is 0 Å². The van der Waals surface area contributed by atoms with Gasteiger partial charge in [0.15, 0.2) is 11.9 Å². The molecule has 0 amide bonds. The number of halogens is 2. The molecule has 3 N–H and O–H groups in total. The lowest BCUT2D eigenvalue weighted by Crippen LogP contribution is -2.22. The van der Waals surface area contributed by atoms with Crippen LogP contribution in [-0.4, -0.2) is 32.8 Å². The zero-order chi connectivity index (χ0) is 20.9. The Morgan fingerprint density at radius 2 is 2.00 bits per heavy atom. The number of nitrogens with one attached hydrogen (secondary N) is 2. The second kappa shape index (κ2) is 9.61. The highest BCUT2D eigenvalue weighted by Gasteiger charge is 2.13. The first-order valence-corrected chi connectivity index (χ1v) is 10.8. The van der Waals surface area contributed by atoms with E-state index in [-0.39, 0.29) is 0 Å². The summed E-state index contributed by atoms with van der Waals surface area (Å²) < 4.78 is 7.76. The Balaban J connectivity index is 1.39. The number of aliphatic hydroxyl groups excluding tert-OH is 1. The van der Waals surface area contributed by atoms with Crippen LogP contribution in [0.3, 0.4) is 0 Å². The molecule has 0 saturated carbocycles. The lowest BCUT2D eigenvalue weighted by molar-refractivity contribution is 0.114. The summed E-state index contributed by atoms with van der Waals surface area (Å²) in [5.41, 5.74) is 2.37. The SMILES string of the molecule is OC(NCCCCNc1cc(-c2ccccc2Cl)nc2c(Br)cnn12)c1ccco1. The number of nitrogens with zero attached hydrogens (tertiary/aromatic N) is 3. The first kappa shape index (κ1) is 20.9. The monoisotopic (exact) mass is 489 g/mol. The lowest BCUT2D eigenvalue weighted by Gasteiger charge is -2.12. The van der Waals surface area contributed by atoms with Crippen molar-refractivity contribution in [1.29, 1.82) is 0 Å². The van der Waals surface area contributed by atoms with Crippen LogP contribution >= 0.6 is 27.5 Å².